The van der Waals surface area contributed by atoms with Crippen molar-refractivity contribution in [2.75, 3.05) is 13.1 Å². The van der Waals surface area contributed by atoms with Crippen molar-refractivity contribution in [2.45, 2.75) is 51.0 Å². The number of fused-ring (bicyclic) bond motifs is 1. The summed E-state index contributed by atoms with van der Waals surface area (Å²) < 4.78 is 39.3. The first-order valence-electron chi connectivity index (χ1n) is 7.45. The maximum atomic E-state index is 12.7. The molecular formula is C13H19ClF3N5O. The summed E-state index contributed by atoms with van der Waals surface area (Å²) in [4.78, 5) is 13.8. The Bertz CT molecular complexity index is 556. The summed E-state index contributed by atoms with van der Waals surface area (Å²) in [5.41, 5.74) is 0. The van der Waals surface area contributed by atoms with Crippen molar-refractivity contribution >= 4 is 18.3 Å². The second-order valence-electron chi connectivity index (χ2n) is 5.74. The lowest BCUT2D eigenvalue weighted by Gasteiger charge is -2.28. The van der Waals surface area contributed by atoms with Crippen molar-refractivity contribution in [3.05, 3.63) is 11.6 Å². The van der Waals surface area contributed by atoms with Crippen LogP contribution >= 0.6 is 12.4 Å². The van der Waals surface area contributed by atoms with Crippen molar-refractivity contribution in [3.8, 4) is 0 Å². The fraction of sp³-hybridized carbons (Fsp3) is 0.769. The number of rotatable bonds is 3. The van der Waals surface area contributed by atoms with E-state index in [9.17, 15) is 18.0 Å². The fourth-order valence-corrected chi connectivity index (χ4v) is 3.04. The van der Waals surface area contributed by atoms with Gasteiger partial charge in [0.2, 0.25) is 11.7 Å². The van der Waals surface area contributed by atoms with Crippen LogP contribution in [0.3, 0.4) is 0 Å². The van der Waals surface area contributed by atoms with Gasteiger partial charge < -0.3 is 14.8 Å². The molecule has 0 radical (unpaired) electrons. The summed E-state index contributed by atoms with van der Waals surface area (Å²) in [7, 11) is 0. The summed E-state index contributed by atoms with van der Waals surface area (Å²) in [6.07, 6.45) is -1.11. The molecule has 1 fully saturated rings. The van der Waals surface area contributed by atoms with Gasteiger partial charge in [-0.25, -0.2) is 0 Å². The highest BCUT2D eigenvalue weighted by Crippen LogP contribution is 2.29. The molecule has 3 heterocycles. The smallest absolute Gasteiger partial charge is 0.333 e. The molecule has 1 atom stereocenters. The second kappa shape index (κ2) is 7.04. The first kappa shape index (κ1) is 18.0. The molecule has 2 aliphatic heterocycles. The van der Waals surface area contributed by atoms with Gasteiger partial charge in [0.15, 0.2) is 5.82 Å². The minimum atomic E-state index is -4.51. The zero-order valence-electron chi connectivity index (χ0n) is 12.5. The number of hydrogen-bond donors (Lipinski definition) is 1. The Hall–Kier alpha value is -1.35. The molecule has 23 heavy (non-hydrogen) atoms. The number of halogens is 4. The van der Waals surface area contributed by atoms with E-state index in [1.54, 1.807) is 4.90 Å². The normalized spacial score (nSPS) is 21.0. The summed E-state index contributed by atoms with van der Waals surface area (Å²) in [6.45, 7) is 1.45. The van der Waals surface area contributed by atoms with Crippen molar-refractivity contribution in [1.82, 2.24) is 25.0 Å². The van der Waals surface area contributed by atoms with E-state index in [0.717, 1.165) is 30.4 Å². The van der Waals surface area contributed by atoms with E-state index in [1.807, 2.05) is 0 Å². The Labute approximate surface area is 137 Å². The Balaban J connectivity index is 0.00000192. The molecule has 0 spiro atoms. The molecule has 130 valence electrons. The van der Waals surface area contributed by atoms with E-state index in [0.29, 0.717) is 12.5 Å². The average molecular weight is 354 g/mol. The second-order valence-corrected chi connectivity index (χ2v) is 5.74. The molecule has 0 bridgehead atoms. The quantitative estimate of drug-likeness (QED) is 0.896. The lowest BCUT2D eigenvalue weighted by molar-refractivity contribution is -0.148. The van der Waals surface area contributed by atoms with Crippen molar-refractivity contribution in [3.63, 3.8) is 0 Å². The summed E-state index contributed by atoms with van der Waals surface area (Å²) >= 11 is 0. The third-order valence-corrected chi connectivity index (χ3v) is 4.23. The Kier molecular flexibility index (Phi) is 5.51. The number of nitrogens with one attached hydrogen (secondary N) is 1. The third kappa shape index (κ3) is 3.95. The topological polar surface area (TPSA) is 63.1 Å². The van der Waals surface area contributed by atoms with Crippen LogP contribution in [0, 0.1) is 0 Å². The first-order chi connectivity index (χ1) is 10.4. The molecule has 1 amide bonds. The van der Waals surface area contributed by atoms with Gasteiger partial charge in [0, 0.05) is 25.6 Å². The molecule has 0 saturated carbocycles. The number of amides is 1. The van der Waals surface area contributed by atoms with Crippen molar-refractivity contribution in [1.29, 1.82) is 0 Å². The van der Waals surface area contributed by atoms with E-state index >= 15 is 0 Å². The van der Waals surface area contributed by atoms with Gasteiger partial charge in [0.05, 0.1) is 6.54 Å². The number of carbonyl (C=O) groups is 1. The Morgan fingerprint density at radius 3 is 2.74 bits per heavy atom. The highest BCUT2D eigenvalue weighted by molar-refractivity contribution is 5.85. The van der Waals surface area contributed by atoms with Crippen LogP contribution in [0.2, 0.25) is 0 Å². The van der Waals surface area contributed by atoms with Crippen LogP contribution in [0.25, 0.3) is 0 Å². The largest absolute Gasteiger partial charge is 0.451 e. The van der Waals surface area contributed by atoms with Gasteiger partial charge in [-0.3, -0.25) is 4.79 Å². The molecule has 1 aromatic rings. The molecular weight excluding hydrogens is 335 g/mol. The number of aromatic nitrogens is 3. The minimum Gasteiger partial charge on any atom is -0.333 e. The number of alkyl halides is 3. The third-order valence-electron chi connectivity index (χ3n) is 4.23. The first-order valence-corrected chi connectivity index (χ1v) is 7.45. The predicted molar refractivity (Wildman–Crippen MR) is 77.9 cm³/mol. The van der Waals surface area contributed by atoms with E-state index in [-0.39, 0.29) is 43.8 Å². The fourth-order valence-electron chi connectivity index (χ4n) is 3.04. The zero-order valence-corrected chi connectivity index (χ0v) is 13.3. The Morgan fingerprint density at radius 2 is 2.09 bits per heavy atom. The summed E-state index contributed by atoms with van der Waals surface area (Å²) in [5.74, 6) is -0.813. The highest BCUT2D eigenvalue weighted by Gasteiger charge is 2.39. The van der Waals surface area contributed by atoms with Gasteiger partial charge >= 0.3 is 6.18 Å². The molecule has 2 aliphatic rings. The van der Waals surface area contributed by atoms with Crippen LogP contribution in [0.4, 0.5) is 13.2 Å². The van der Waals surface area contributed by atoms with Crippen LogP contribution < -0.4 is 5.32 Å². The van der Waals surface area contributed by atoms with Gasteiger partial charge in [0.25, 0.3) is 0 Å². The van der Waals surface area contributed by atoms with Crippen LogP contribution in [0.1, 0.15) is 37.3 Å². The molecule has 3 rings (SSSR count). The zero-order chi connectivity index (χ0) is 15.7. The van der Waals surface area contributed by atoms with Gasteiger partial charge in [-0.15, -0.1) is 22.6 Å². The number of hydrogen-bond acceptors (Lipinski definition) is 4. The molecule has 1 N–H and O–H groups in total. The van der Waals surface area contributed by atoms with E-state index in [2.05, 4.69) is 15.5 Å². The maximum Gasteiger partial charge on any atom is 0.451 e. The molecule has 0 aromatic carbocycles. The van der Waals surface area contributed by atoms with E-state index < -0.39 is 12.0 Å². The molecule has 1 unspecified atom stereocenters. The lowest BCUT2D eigenvalue weighted by atomic mass is 10.1. The predicted octanol–water partition coefficient (Wildman–Crippen LogP) is 1.59. The van der Waals surface area contributed by atoms with E-state index in [1.165, 1.54) is 0 Å². The highest BCUT2D eigenvalue weighted by atomic mass is 35.5. The van der Waals surface area contributed by atoms with E-state index in [4.69, 9.17) is 0 Å². The minimum absolute atomic E-state index is 0. The molecule has 1 saturated heterocycles. The van der Waals surface area contributed by atoms with Crippen LogP contribution in [-0.4, -0.2) is 44.7 Å². The van der Waals surface area contributed by atoms with Crippen LogP contribution in [0.15, 0.2) is 0 Å². The van der Waals surface area contributed by atoms with Crippen LogP contribution in [0.5, 0.6) is 0 Å². The van der Waals surface area contributed by atoms with Gasteiger partial charge in [-0.05, 0) is 25.8 Å². The van der Waals surface area contributed by atoms with Crippen molar-refractivity contribution in [2.24, 2.45) is 0 Å². The standard InChI is InChI=1S/C13H18F3N5O.ClH/c14-13(15,16)12-19-18-10-8-20(6-7-21(10)12)11(22)4-3-9-2-1-5-17-9;/h9,17H,1-8H2;1H. The number of nitrogens with zero attached hydrogens (tertiary/aromatic N) is 4. The molecule has 1 aromatic heterocycles. The summed E-state index contributed by atoms with van der Waals surface area (Å²) in [6, 6.07) is 0.384. The van der Waals surface area contributed by atoms with Gasteiger partial charge in [0.1, 0.15) is 0 Å². The number of carbonyl (C=O) groups excluding carboxylic acids is 1. The molecule has 0 aliphatic carbocycles. The van der Waals surface area contributed by atoms with Crippen LogP contribution in [-0.2, 0) is 24.1 Å². The van der Waals surface area contributed by atoms with Gasteiger partial charge in [-0.1, -0.05) is 0 Å². The monoisotopic (exact) mass is 353 g/mol. The average Bonchev–Trinajstić information content (AvgIpc) is 3.12. The van der Waals surface area contributed by atoms with Gasteiger partial charge in [-0.2, -0.15) is 13.2 Å². The van der Waals surface area contributed by atoms with Crippen molar-refractivity contribution < 1.29 is 18.0 Å². The summed E-state index contributed by atoms with van der Waals surface area (Å²) in [5, 5.41) is 10.1. The molecule has 10 heteroatoms. The maximum absolute atomic E-state index is 12.7. The lowest BCUT2D eigenvalue weighted by Crippen LogP contribution is -2.39. The Morgan fingerprint density at radius 1 is 1.30 bits per heavy atom. The SMILES string of the molecule is Cl.O=C(CCC1CCCN1)N1CCn2c(nnc2C(F)(F)F)C1. The molecule has 6 nitrogen and oxygen atoms in total.